The Balaban J connectivity index is 1.97. The molecule has 0 N–H and O–H groups in total. The van der Waals surface area contributed by atoms with Gasteiger partial charge < -0.3 is 14.4 Å². The molecule has 0 radical (unpaired) electrons. The number of hydrogen-bond donors (Lipinski definition) is 0. The number of nitrogens with zero attached hydrogens (tertiary/aromatic N) is 3. The van der Waals surface area contributed by atoms with Gasteiger partial charge in [0.2, 0.25) is 0 Å². The Bertz CT molecular complexity index is 982. The van der Waals surface area contributed by atoms with E-state index in [-0.39, 0.29) is 24.4 Å². The molecule has 2 aromatic rings. The molecular weight excluding hydrogens is 366 g/mol. The number of benzene rings is 2. The number of para-hydroxylation sites is 1. The SMILES string of the molecule is CCOC(=O)O[C@]1(C#N)C(=O)N(Cc2ccc([N+](=O)[O-])cc2)c2ccccc21. The summed E-state index contributed by atoms with van der Waals surface area (Å²) in [5.74, 6) is -0.734. The summed E-state index contributed by atoms with van der Waals surface area (Å²) < 4.78 is 9.88. The number of ether oxygens (including phenoxy) is 2. The molecule has 142 valence electrons. The standard InChI is InChI=1S/C19H15N3O6/c1-2-27-18(24)28-19(12-20)15-5-3-4-6-16(15)21(17(19)23)11-13-7-9-14(10-8-13)22(25)26/h3-10H,2,11H2,1H3/t19-/m0/s1. The van der Waals surface area contributed by atoms with Crippen molar-refractivity contribution in [3.63, 3.8) is 0 Å². The Morgan fingerprint density at radius 1 is 1.25 bits per heavy atom. The first-order chi connectivity index (χ1) is 13.4. The van der Waals surface area contributed by atoms with Crippen molar-refractivity contribution in [2.24, 2.45) is 0 Å². The van der Waals surface area contributed by atoms with E-state index in [4.69, 9.17) is 9.47 Å². The van der Waals surface area contributed by atoms with Crippen molar-refractivity contribution in [3.05, 3.63) is 69.8 Å². The Hall–Kier alpha value is -3.93. The van der Waals surface area contributed by atoms with Crippen molar-refractivity contribution in [2.75, 3.05) is 11.5 Å². The molecule has 0 saturated heterocycles. The predicted molar refractivity (Wildman–Crippen MR) is 96.1 cm³/mol. The van der Waals surface area contributed by atoms with E-state index in [1.807, 2.05) is 6.07 Å². The van der Waals surface area contributed by atoms with Crippen LogP contribution in [-0.2, 0) is 26.4 Å². The van der Waals surface area contributed by atoms with Crippen LogP contribution in [0.3, 0.4) is 0 Å². The summed E-state index contributed by atoms with van der Waals surface area (Å²) in [6.07, 6.45) is -1.12. The van der Waals surface area contributed by atoms with Crippen LogP contribution in [-0.4, -0.2) is 23.6 Å². The fourth-order valence-corrected chi connectivity index (χ4v) is 2.99. The number of nitriles is 1. The lowest BCUT2D eigenvalue weighted by Gasteiger charge is -2.21. The van der Waals surface area contributed by atoms with Crippen LogP contribution in [0.1, 0.15) is 18.1 Å². The number of nitro benzene ring substituents is 1. The zero-order valence-corrected chi connectivity index (χ0v) is 14.8. The molecule has 0 aliphatic carbocycles. The van der Waals surface area contributed by atoms with Crippen LogP contribution in [0.15, 0.2) is 48.5 Å². The molecule has 28 heavy (non-hydrogen) atoms. The third-order valence-electron chi connectivity index (χ3n) is 4.26. The van der Waals surface area contributed by atoms with Crippen LogP contribution in [0.2, 0.25) is 0 Å². The molecule has 2 aromatic carbocycles. The third-order valence-corrected chi connectivity index (χ3v) is 4.26. The predicted octanol–water partition coefficient (Wildman–Crippen LogP) is 3.03. The van der Waals surface area contributed by atoms with Crippen molar-refractivity contribution in [1.82, 2.24) is 0 Å². The van der Waals surface area contributed by atoms with Crippen molar-refractivity contribution < 1.29 is 24.0 Å². The highest BCUT2D eigenvalue weighted by molar-refractivity contribution is 6.09. The van der Waals surface area contributed by atoms with E-state index in [0.29, 0.717) is 11.3 Å². The van der Waals surface area contributed by atoms with Crippen molar-refractivity contribution in [1.29, 1.82) is 5.26 Å². The van der Waals surface area contributed by atoms with Gasteiger partial charge in [0.25, 0.3) is 11.6 Å². The second-order valence-electron chi connectivity index (χ2n) is 5.91. The molecular formula is C19H15N3O6. The summed E-state index contributed by atoms with van der Waals surface area (Å²) >= 11 is 0. The zero-order chi connectivity index (χ0) is 20.3. The number of nitro groups is 1. The van der Waals surface area contributed by atoms with Crippen LogP contribution >= 0.6 is 0 Å². The van der Waals surface area contributed by atoms with Gasteiger partial charge in [-0.2, -0.15) is 5.26 Å². The third kappa shape index (κ3) is 3.12. The van der Waals surface area contributed by atoms with Crippen LogP contribution < -0.4 is 4.90 Å². The largest absolute Gasteiger partial charge is 0.510 e. The van der Waals surface area contributed by atoms with Gasteiger partial charge in [0.05, 0.1) is 23.8 Å². The summed E-state index contributed by atoms with van der Waals surface area (Å²) in [5, 5.41) is 20.5. The van der Waals surface area contributed by atoms with E-state index >= 15 is 0 Å². The Morgan fingerprint density at radius 2 is 1.93 bits per heavy atom. The number of amides is 1. The Kier molecular flexibility index (Phi) is 4.96. The topological polar surface area (TPSA) is 123 Å². The molecule has 1 aliphatic rings. The molecule has 0 fully saturated rings. The minimum absolute atomic E-state index is 0.0304. The smallest absolute Gasteiger partial charge is 0.435 e. The number of carbonyl (C=O) groups is 2. The Morgan fingerprint density at radius 3 is 2.54 bits per heavy atom. The first-order valence-electron chi connectivity index (χ1n) is 8.34. The lowest BCUT2D eigenvalue weighted by atomic mass is 9.97. The summed E-state index contributed by atoms with van der Waals surface area (Å²) in [6, 6.07) is 14.0. The molecule has 1 aliphatic heterocycles. The monoisotopic (exact) mass is 381 g/mol. The maximum atomic E-state index is 13.1. The maximum Gasteiger partial charge on any atom is 0.510 e. The van der Waals surface area contributed by atoms with Gasteiger partial charge in [-0.25, -0.2) is 4.79 Å². The quantitative estimate of drug-likeness (QED) is 0.443. The summed E-state index contributed by atoms with van der Waals surface area (Å²) in [5.41, 5.74) is -0.967. The number of fused-ring (bicyclic) bond motifs is 1. The van der Waals surface area contributed by atoms with Crippen molar-refractivity contribution in [2.45, 2.75) is 19.1 Å². The van der Waals surface area contributed by atoms with Gasteiger partial charge in [0.15, 0.2) is 0 Å². The number of carbonyl (C=O) groups excluding carboxylic acids is 2. The lowest BCUT2D eigenvalue weighted by molar-refractivity contribution is -0.384. The minimum Gasteiger partial charge on any atom is -0.435 e. The average molecular weight is 381 g/mol. The number of rotatable bonds is 5. The number of non-ortho nitro benzene ring substituents is 1. The second-order valence-corrected chi connectivity index (χ2v) is 5.91. The van der Waals surface area contributed by atoms with Crippen LogP contribution in [0.5, 0.6) is 0 Å². The molecule has 3 rings (SSSR count). The highest BCUT2D eigenvalue weighted by Gasteiger charge is 2.55. The molecule has 0 spiro atoms. The highest BCUT2D eigenvalue weighted by Crippen LogP contribution is 2.43. The summed E-state index contributed by atoms with van der Waals surface area (Å²) in [6.45, 7) is 1.65. The normalized spacial score (nSPS) is 17.6. The zero-order valence-electron chi connectivity index (χ0n) is 14.8. The van der Waals surface area contributed by atoms with Gasteiger partial charge in [-0.1, -0.05) is 30.3 Å². The van der Waals surface area contributed by atoms with Gasteiger partial charge in [-0.3, -0.25) is 14.9 Å². The van der Waals surface area contributed by atoms with Crippen LogP contribution in [0, 0.1) is 21.4 Å². The molecule has 0 unspecified atom stereocenters. The van der Waals surface area contributed by atoms with E-state index < -0.39 is 22.6 Å². The lowest BCUT2D eigenvalue weighted by Crippen LogP contribution is -2.42. The maximum absolute atomic E-state index is 13.1. The van der Waals surface area contributed by atoms with Gasteiger partial charge >= 0.3 is 11.8 Å². The van der Waals surface area contributed by atoms with E-state index in [2.05, 4.69) is 0 Å². The fourth-order valence-electron chi connectivity index (χ4n) is 2.99. The molecule has 0 bridgehead atoms. The van der Waals surface area contributed by atoms with Crippen LogP contribution in [0.25, 0.3) is 0 Å². The summed E-state index contributed by atoms with van der Waals surface area (Å²) in [7, 11) is 0. The van der Waals surface area contributed by atoms with Crippen molar-refractivity contribution in [3.8, 4) is 6.07 Å². The van der Waals surface area contributed by atoms with Gasteiger partial charge in [0.1, 0.15) is 6.07 Å². The van der Waals surface area contributed by atoms with Crippen LogP contribution in [0.4, 0.5) is 16.2 Å². The molecule has 0 saturated carbocycles. The van der Waals surface area contributed by atoms with Gasteiger partial charge in [0, 0.05) is 17.7 Å². The van der Waals surface area contributed by atoms with E-state index in [1.165, 1.54) is 35.2 Å². The molecule has 1 heterocycles. The molecule has 1 amide bonds. The number of hydrogen-bond acceptors (Lipinski definition) is 7. The minimum atomic E-state index is -2.15. The molecule has 9 heteroatoms. The first kappa shape index (κ1) is 18.8. The molecule has 0 aromatic heterocycles. The van der Waals surface area contributed by atoms with E-state index in [0.717, 1.165) is 0 Å². The van der Waals surface area contributed by atoms with E-state index in [9.17, 15) is 25.0 Å². The first-order valence-corrected chi connectivity index (χ1v) is 8.34. The average Bonchev–Trinajstić information content (AvgIpc) is 2.91. The Labute approximate surface area is 159 Å². The van der Waals surface area contributed by atoms with Gasteiger partial charge in [-0.15, -0.1) is 0 Å². The van der Waals surface area contributed by atoms with Gasteiger partial charge in [-0.05, 0) is 18.6 Å². The fraction of sp³-hybridized carbons (Fsp3) is 0.211. The number of anilines is 1. The van der Waals surface area contributed by atoms with E-state index in [1.54, 1.807) is 25.1 Å². The second kappa shape index (κ2) is 7.36. The molecule has 9 nitrogen and oxygen atoms in total. The summed E-state index contributed by atoms with van der Waals surface area (Å²) in [4.78, 5) is 36.5. The molecule has 1 atom stereocenters. The highest BCUT2D eigenvalue weighted by atomic mass is 16.7. The van der Waals surface area contributed by atoms with Crippen molar-refractivity contribution >= 4 is 23.4 Å².